The molecule has 0 aliphatic carbocycles. The highest BCUT2D eigenvalue weighted by Crippen LogP contribution is 2.16. The Balaban J connectivity index is 1.86. The van der Waals surface area contributed by atoms with Gasteiger partial charge in [-0.15, -0.1) is 0 Å². The number of benzene rings is 3. The molecule has 0 aliphatic rings. The van der Waals surface area contributed by atoms with E-state index in [1.54, 1.807) is 50.4 Å². The Morgan fingerprint density at radius 1 is 0.479 bits per heavy atom. The number of thioether (sulfide) groups is 1. The summed E-state index contributed by atoms with van der Waals surface area (Å²) in [4.78, 5) is 175. The number of aromatic hydroxyl groups is 2. The van der Waals surface area contributed by atoms with E-state index in [2.05, 4.69) is 65.8 Å². The maximum atomic E-state index is 14.4. The molecule has 94 heavy (non-hydrogen) atoms. The van der Waals surface area contributed by atoms with Gasteiger partial charge in [-0.1, -0.05) is 68.4 Å². The third-order valence-corrected chi connectivity index (χ3v) is 15.5. The number of carbonyl (C=O) groups excluding carboxylic acids is 12. The zero-order valence-corrected chi connectivity index (χ0v) is 54.3. The number of hydrogen-bond acceptors (Lipinski definition) is 20. The number of aliphatic carboxylic acids is 1. The van der Waals surface area contributed by atoms with Crippen LogP contribution >= 0.6 is 24.4 Å². The number of aliphatic hydroxyl groups is 1. The topological polar surface area (TPSA) is 527 Å². The van der Waals surface area contributed by atoms with Crippen LogP contribution < -0.4 is 76.1 Å². The first-order valence-electron chi connectivity index (χ1n) is 30.1. The molecule has 0 radical (unpaired) electrons. The summed E-state index contributed by atoms with van der Waals surface area (Å²) in [5.74, 6) is -13.8. The second-order valence-corrected chi connectivity index (χ2v) is 23.8. The van der Waals surface area contributed by atoms with E-state index in [1.165, 1.54) is 67.2 Å². The van der Waals surface area contributed by atoms with Gasteiger partial charge in [0.15, 0.2) is 0 Å². The molecule has 0 heterocycles. The average molecular weight is 1350 g/mol. The van der Waals surface area contributed by atoms with Crippen molar-refractivity contribution in [1.29, 1.82) is 0 Å². The van der Waals surface area contributed by atoms with E-state index in [0.29, 0.717) is 29.5 Å². The number of primary amides is 2. The van der Waals surface area contributed by atoms with Gasteiger partial charge in [0.05, 0.1) is 19.1 Å². The minimum absolute atomic E-state index is 0.0258. The molecule has 3 aromatic carbocycles. The molecule has 3 aromatic rings. The first-order valence-corrected chi connectivity index (χ1v) is 32.1. The fourth-order valence-corrected chi connectivity index (χ4v) is 9.71. The number of nitrogens with two attached hydrogens (primary N) is 4. The molecule has 0 spiro atoms. The Bertz CT molecular complexity index is 3060. The Morgan fingerprint density at radius 3 is 1.35 bits per heavy atom. The monoisotopic (exact) mass is 1350 g/mol. The van der Waals surface area contributed by atoms with Crippen LogP contribution in [0.4, 0.5) is 0 Å². The lowest BCUT2D eigenvalue weighted by Gasteiger charge is -2.29. The van der Waals surface area contributed by atoms with Crippen molar-refractivity contribution < 1.29 is 82.8 Å². The van der Waals surface area contributed by atoms with Gasteiger partial charge in [-0.25, -0.2) is 4.79 Å². The summed E-state index contributed by atoms with van der Waals surface area (Å²) >= 11 is 5.28. The number of aliphatic hydroxyl groups excluding tert-OH is 1. The van der Waals surface area contributed by atoms with Crippen molar-refractivity contribution >= 4 is 101 Å². The smallest absolute Gasteiger partial charge is 0.326 e. The second-order valence-electron chi connectivity index (χ2n) is 22.4. The number of unbranched alkanes of at least 4 members (excludes halogenated alkanes) is 1. The quantitative estimate of drug-likeness (QED) is 0.0190. The van der Waals surface area contributed by atoms with Gasteiger partial charge in [0, 0.05) is 31.4 Å². The summed E-state index contributed by atoms with van der Waals surface area (Å²) < 4.78 is 0. The number of phenols is 2. The fourth-order valence-electron chi connectivity index (χ4n) is 9.08. The molecular formula is C61H88N14O17S2. The molecule has 3 rings (SSSR count). The van der Waals surface area contributed by atoms with E-state index < -0.39 is 169 Å². The summed E-state index contributed by atoms with van der Waals surface area (Å²) in [6.45, 7) is 3.61. The van der Waals surface area contributed by atoms with E-state index in [1.807, 2.05) is 0 Å². The number of carbonyl (C=O) groups is 13. The highest BCUT2D eigenvalue weighted by atomic mass is 32.2. The van der Waals surface area contributed by atoms with Crippen LogP contribution in [0.3, 0.4) is 0 Å². The molecule has 0 bridgehead atoms. The predicted octanol–water partition coefficient (Wildman–Crippen LogP) is -3.99. The van der Waals surface area contributed by atoms with Crippen molar-refractivity contribution in [3.05, 3.63) is 95.6 Å². The summed E-state index contributed by atoms with van der Waals surface area (Å²) in [5.41, 5.74) is 23.4. The molecule has 0 aliphatic heterocycles. The van der Waals surface area contributed by atoms with Gasteiger partial charge in [0.2, 0.25) is 70.9 Å². The van der Waals surface area contributed by atoms with Crippen molar-refractivity contribution in [2.75, 3.05) is 30.9 Å². The number of phenolic OH excluding ortho intramolecular Hbond substituents is 2. The second kappa shape index (κ2) is 40.8. The summed E-state index contributed by atoms with van der Waals surface area (Å²) in [6.07, 6.45) is 0.241. The normalized spacial score (nSPS) is 14.6. The number of carboxylic acids is 1. The van der Waals surface area contributed by atoms with Crippen LogP contribution in [0, 0.1) is 5.92 Å². The zero-order chi connectivity index (χ0) is 70.2. The lowest BCUT2D eigenvalue weighted by molar-refractivity contribution is -0.142. The van der Waals surface area contributed by atoms with Gasteiger partial charge in [-0.2, -0.15) is 24.4 Å². The van der Waals surface area contributed by atoms with Crippen LogP contribution in [0.15, 0.2) is 78.9 Å². The molecular weight excluding hydrogens is 1260 g/mol. The van der Waals surface area contributed by atoms with Crippen molar-refractivity contribution in [3.8, 4) is 11.5 Å². The summed E-state index contributed by atoms with van der Waals surface area (Å²) in [7, 11) is 0. The first-order chi connectivity index (χ1) is 44.5. The van der Waals surface area contributed by atoms with Gasteiger partial charge >= 0.3 is 5.97 Å². The molecule has 0 fully saturated rings. The lowest BCUT2D eigenvalue weighted by atomic mass is 10.00. The Hall–Kier alpha value is -9.05. The predicted molar refractivity (Wildman–Crippen MR) is 348 cm³/mol. The largest absolute Gasteiger partial charge is 0.508 e. The third kappa shape index (κ3) is 28.0. The summed E-state index contributed by atoms with van der Waals surface area (Å²) in [6, 6.07) is 3.00. The minimum Gasteiger partial charge on any atom is -0.508 e. The van der Waals surface area contributed by atoms with E-state index >= 15 is 0 Å². The fraction of sp³-hybridized carbons (Fsp3) is 0.492. The van der Waals surface area contributed by atoms with Crippen LogP contribution in [0.2, 0.25) is 0 Å². The van der Waals surface area contributed by atoms with Crippen LogP contribution in [0.1, 0.15) is 82.4 Å². The van der Waals surface area contributed by atoms with Crippen LogP contribution in [-0.4, -0.2) is 195 Å². The minimum atomic E-state index is -1.80. The molecule has 0 saturated heterocycles. The van der Waals surface area contributed by atoms with Crippen molar-refractivity contribution in [2.45, 2.75) is 151 Å². The molecule has 33 heteroatoms. The Kier molecular flexibility index (Phi) is 34.4. The van der Waals surface area contributed by atoms with Crippen molar-refractivity contribution in [3.63, 3.8) is 0 Å². The number of amides is 12. The number of carboxylic acid groups (broad SMARTS) is 1. The molecule has 0 aromatic heterocycles. The Labute approximate surface area is 553 Å². The molecule has 22 N–H and O–H groups in total. The van der Waals surface area contributed by atoms with E-state index in [4.69, 9.17) is 22.9 Å². The lowest BCUT2D eigenvalue weighted by Crippen LogP contribution is -2.61. The maximum absolute atomic E-state index is 14.4. The SMILES string of the molecule is CSCC[C@H](NC(=O)[C@@H](NC(=O)[C@H](Cc1ccc(O)cc1)NC(=O)[C@H](CC(N)=O)NC(=O)[C@H](CCC(N)=O)NC(=O)[C@@H](N)CS)C(C)C)C(=O)N[C@@H](C)C(=O)N[C@@H](CO)C(=O)N[C@@H](Cc1ccccc1)C(=O)N[C@@H](Cc1ccc(O)cc1)C(=O)N[C@@H](CCCCN)C(=O)O. The van der Waals surface area contributed by atoms with Crippen LogP contribution in [-0.2, 0) is 81.6 Å². The highest BCUT2D eigenvalue weighted by Gasteiger charge is 2.37. The van der Waals surface area contributed by atoms with Gasteiger partial charge in [-0.05, 0) is 104 Å². The zero-order valence-electron chi connectivity index (χ0n) is 52.6. The Morgan fingerprint density at radius 2 is 0.894 bits per heavy atom. The van der Waals surface area contributed by atoms with Gasteiger partial charge in [0.1, 0.15) is 71.9 Å². The maximum Gasteiger partial charge on any atom is 0.326 e. The molecule has 516 valence electrons. The summed E-state index contributed by atoms with van der Waals surface area (Å²) in [5, 5.41) is 65.1. The van der Waals surface area contributed by atoms with Gasteiger partial charge < -0.3 is 96.5 Å². The molecule has 12 amide bonds. The number of nitrogens with one attached hydrogen (secondary N) is 10. The van der Waals surface area contributed by atoms with E-state index in [0.717, 1.165) is 0 Å². The van der Waals surface area contributed by atoms with Crippen LogP contribution in [0.5, 0.6) is 11.5 Å². The van der Waals surface area contributed by atoms with E-state index in [-0.39, 0.29) is 68.1 Å². The van der Waals surface area contributed by atoms with E-state index in [9.17, 15) is 82.8 Å². The first kappa shape index (κ1) is 79.2. The number of hydrogen-bond donors (Lipinski definition) is 19. The van der Waals surface area contributed by atoms with Gasteiger partial charge in [-0.3, -0.25) is 57.5 Å². The van der Waals surface area contributed by atoms with Gasteiger partial charge in [0.25, 0.3) is 0 Å². The standard InChI is InChI=1S/C61H88N14O17S2/c1-32(2)50(75-58(88)45(28-36-15-19-38(78)20-16-36)71-57(87)46(29-49(65)80)73-54(84)40(21-22-48(64)79)67-52(82)39(63)31-93)60(90)68-41(23-25-94-4)53(83)66-33(3)51(81)74-47(30-76)59(89)72-43(26-34-10-6-5-7-11-34)56(86)70-44(27-35-13-17-37(77)18-14-35)55(85)69-42(61(91)92)12-8-9-24-62/h5-7,10-11,13-20,32-33,39-47,50,76-78,93H,8-9,12,21-31,62-63H2,1-4H3,(H2,64,79)(H2,65,80)(H,66,83)(H,67,82)(H,68,90)(H,69,85)(H,70,86)(H,71,87)(H,72,89)(H,73,84)(H,74,81)(H,75,88)(H,91,92)/t33-,39-,40-,41-,42-,43-,44-,45-,46-,47-,50-/m0/s1. The molecule has 11 atom stereocenters. The third-order valence-electron chi connectivity index (χ3n) is 14.4. The van der Waals surface area contributed by atoms with Crippen molar-refractivity contribution in [1.82, 2.24) is 53.2 Å². The number of rotatable bonds is 42. The highest BCUT2D eigenvalue weighted by molar-refractivity contribution is 7.98. The van der Waals surface area contributed by atoms with Crippen molar-refractivity contribution in [2.24, 2.45) is 28.9 Å². The number of thiol groups is 1. The molecule has 31 nitrogen and oxygen atoms in total. The average Bonchev–Trinajstić information content (AvgIpc) is 1.02. The molecule has 0 saturated carbocycles. The molecule has 0 unspecified atom stereocenters. The van der Waals surface area contributed by atoms with Crippen LogP contribution in [0.25, 0.3) is 0 Å².